The maximum Gasteiger partial charge on any atom is 0.141 e. The van der Waals surface area contributed by atoms with Crippen molar-refractivity contribution in [2.45, 2.75) is 20.3 Å². The monoisotopic (exact) mass is 238 g/mol. The molecule has 2 aromatic rings. The highest BCUT2D eigenvalue weighted by Crippen LogP contribution is 2.20. The van der Waals surface area contributed by atoms with Gasteiger partial charge in [0.05, 0.1) is 5.69 Å². The Labute approximate surface area is 85.7 Å². The maximum atomic E-state index is 4.50. The summed E-state index contributed by atoms with van der Waals surface area (Å²) in [6, 6.07) is 4.17. The van der Waals surface area contributed by atoms with Crippen LogP contribution in [-0.4, -0.2) is 9.38 Å². The fraction of sp³-hybridized carbons (Fsp3) is 0.300. The van der Waals surface area contributed by atoms with Crippen LogP contribution in [0.3, 0.4) is 0 Å². The zero-order chi connectivity index (χ0) is 9.42. The molecule has 0 aliphatic rings. The van der Waals surface area contributed by atoms with Gasteiger partial charge in [-0.15, -0.1) is 0 Å². The number of pyridine rings is 1. The molecule has 0 saturated carbocycles. The van der Waals surface area contributed by atoms with Gasteiger partial charge in [-0.05, 0) is 40.9 Å². The van der Waals surface area contributed by atoms with E-state index in [1.54, 1.807) is 0 Å². The first-order valence-electron chi connectivity index (χ1n) is 4.36. The molecule has 0 atom stereocenters. The Morgan fingerprint density at radius 3 is 3.00 bits per heavy atom. The Morgan fingerprint density at radius 2 is 2.31 bits per heavy atom. The van der Waals surface area contributed by atoms with Crippen molar-refractivity contribution in [2.24, 2.45) is 0 Å². The Balaban J connectivity index is 2.84. The number of aryl methyl sites for hydroxylation is 2. The number of aromatic nitrogens is 2. The number of hydrogen-bond donors (Lipinski definition) is 0. The van der Waals surface area contributed by atoms with Crippen molar-refractivity contribution in [3.63, 3.8) is 0 Å². The van der Waals surface area contributed by atoms with E-state index < -0.39 is 0 Å². The molecule has 0 saturated heterocycles. The summed E-state index contributed by atoms with van der Waals surface area (Å²) in [5.74, 6) is 0. The molecular formula is C10H11BrN2. The van der Waals surface area contributed by atoms with Gasteiger partial charge in [0.1, 0.15) is 10.3 Å². The first kappa shape index (κ1) is 8.75. The molecule has 0 radical (unpaired) electrons. The van der Waals surface area contributed by atoms with Crippen LogP contribution in [-0.2, 0) is 6.42 Å². The van der Waals surface area contributed by atoms with E-state index in [1.165, 1.54) is 5.56 Å². The third-order valence-electron chi connectivity index (χ3n) is 2.21. The number of rotatable bonds is 1. The third-order valence-corrected chi connectivity index (χ3v) is 3.17. The lowest BCUT2D eigenvalue weighted by molar-refractivity contribution is 1.07. The summed E-state index contributed by atoms with van der Waals surface area (Å²) in [4.78, 5) is 4.50. The molecule has 68 valence electrons. The van der Waals surface area contributed by atoms with E-state index in [0.29, 0.717) is 0 Å². The summed E-state index contributed by atoms with van der Waals surface area (Å²) in [5.41, 5.74) is 3.39. The number of nitrogens with zero attached hydrogens (tertiary/aromatic N) is 2. The van der Waals surface area contributed by atoms with E-state index in [1.807, 2.05) is 13.1 Å². The second kappa shape index (κ2) is 3.14. The van der Waals surface area contributed by atoms with E-state index in [4.69, 9.17) is 0 Å². The van der Waals surface area contributed by atoms with Gasteiger partial charge in [-0.2, -0.15) is 0 Å². The lowest BCUT2D eigenvalue weighted by Gasteiger charge is -1.99. The minimum atomic E-state index is 1.02. The average Bonchev–Trinajstić information content (AvgIpc) is 2.43. The van der Waals surface area contributed by atoms with Gasteiger partial charge in [0.25, 0.3) is 0 Å². The molecule has 2 rings (SSSR count). The van der Waals surface area contributed by atoms with Crippen LogP contribution in [0.2, 0.25) is 0 Å². The van der Waals surface area contributed by atoms with Crippen LogP contribution in [0.25, 0.3) is 5.65 Å². The van der Waals surface area contributed by atoms with E-state index >= 15 is 0 Å². The number of fused-ring (bicyclic) bond motifs is 1. The van der Waals surface area contributed by atoms with Gasteiger partial charge in [-0.25, -0.2) is 4.98 Å². The topological polar surface area (TPSA) is 17.3 Å². The van der Waals surface area contributed by atoms with Crippen LogP contribution in [0.1, 0.15) is 18.2 Å². The summed E-state index contributed by atoms with van der Waals surface area (Å²) in [6.07, 6.45) is 3.05. The highest BCUT2D eigenvalue weighted by atomic mass is 79.9. The van der Waals surface area contributed by atoms with Crippen molar-refractivity contribution >= 4 is 21.6 Å². The highest BCUT2D eigenvalue weighted by molar-refractivity contribution is 9.10. The molecule has 0 unspecified atom stereocenters. The molecule has 13 heavy (non-hydrogen) atoms. The van der Waals surface area contributed by atoms with Gasteiger partial charge in [0.2, 0.25) is 0 Å². The Bertz CT molecular complexity index is 445. The molecule has 0 bridgehead atoms. The van der Waals surface area contributed by atoms with Crippen LogP contribution in [0.15, 0.2) is 22.9 Å². The molecule has 2 heterocycles. The van der Waals surface area contributed by atoms with Crippen molar-refractivity contribution in [1.29, 1.82) is 0 Å². The molecule has 0 aliphatic heterocycles. The summed E-state index contributed by atoms with van der Waals surface area (Å²) in [6.45, 7) is 4.16. The zero-order valence-electron chi connectivity index (χ0n) is 7.71. The molecule has 3 heteroatoms. The van der Waals surface area contributed by atoms with E-state index in [0.717, 1.165) is 22.4 Å². The third kappa shape index (κ3) is 1.27. The molecule has 2 aromatic heterocycles. The molecule has 2 nitrogen and oxygen atoms in total. The van der Waals surface area contributed by atoms with Gasteiger partial charge in [0.15, 0.2) is 0 Å². The minimum absolute atomic E-state index is 1.02. The lowest BCUT2D eigenvalue weighted by atomic mass is 10.2. The second-order valence-corrected chi connectivity index (χ2v) is 3.82. The summed E-state index contributed by atoms with van der Waals surface area (Å²) >= 11 is 3.51. The Kier molecular flexibility index (Phi) is 2.12. The van der Waals surface area contributed by atoms with E-state index in [9.17, 15) is 0 Å². The molecule has 0 aliphatic carbocycles. The van der Waals surface area contributed by atoms with Crippen LogP contribution >= 0.6 is 15.9 Å². The maximum absolute atomic E-state index is 4.50. The average molecular weight is 239 g/mol. The number of imidazole rings is 1. The van der Waals surface area contributed by atoms with Crippen molar-refractivity contribution in [1.82, 2.24) is 9.38 Å². The van der Waals surface area contributed by atoms with Crippen LogP contribution < -0.4 is 0 Å². The normalized spacial score (nSPS) is 11.0. The summed E-state index contributed by atoms with van der Waals surface area (Å²) < 4.78 is 3.13. The largest absolute Gasteiger partial charge is 0.294 e. The Hall–Kier alpha value is -0.830. The molecule has 0 amide bonds. The van der Waals surface area contributed by atoms with Crippen LogP contribution in [0.5, 0.6) is 0 Å². The smallest absolute Gasteiger partial charge is 0.141 e. The molecule has 0 N–H and O–H groups in total. The highest BCUT2D eigenvalue weighted by Gasteiger charge is 2.07. The summed E-state index contributed by atoms with van der Waals surface area (Å²) in [5, 5.41) is 0. The second-order valence-electron chi connectivity index (χ2n) is 3.07. The Morgan fingerprint density at radius 1 is 1.54 bits per heavy atom. The molecule has 0 spiro atoms. The first-order chi connectivity index (χ1) is 6.24. The van der Waals surface area contributed by atoms with Crippen molar-refractivity contribution in [2.75, 3.05) is 0 Å². The SMILES string of the molecule is CCc1cccn2c(Br)c(C)nc12. The van der Waals surface area contributed by atoms with Crippen molar-refractivity contribution in [3.8, 4) is 0 Å². The van der Waals surface area contributed by atoms with Gasteiger partial charge in [0, 0.05) is 6.20 Å². The predicted molar refractivity (Wildman–Crippen MR) is 57.0 cm³/mol. The van der Waals surface area contributed by atoms with E-state index in [2.05, 4.69) is 44.4 Å². The van der Waals surface area contributed by atoms with Crippen molar-refractivity contribution < 1.29 is 0 Å². The molecule has 0 aromatic carbocycles. The first-order valence-corrected chi connectivity index (χ1v) is 5.15. The number of hydrogen-bond acceptors (Lipinski definition) is 1. The van der Waals surface area contributed by atoms with Gasteiger partial charge in [-0.3, -0.25) is 4.40 Å². The number of halogens is 1. The van der Waals surface area contributed by atoms with Gasteiger partial charge < -0.3 is 0 Å². The standard InChI is InChI=1S/C10H11BrN2/c1-3-8-5-4-6-13-9(11)7(2)12-10(8)13/h4-6H,3H2,1-2H3. The van der Waals surface area contributed by atoms with Crippen LogP contribution in [0.4, 0.5) is 0 Å². The quantitative estimate of drug-likeness (QED) is 0.747. The van der Waals surface area contributed by atoms with Gasteiger partial charge >= 0.3 is 0 Å². The van der Waals surface area contributed by atoms with Crippen molar-refractivity contribution in [3.05, 3.63) is 34.2 Å². The fourth-order valence-electron chi connectivity index (χ4n) is 1.48. The predicted octanol–water partition coefficient (Wildman–Crippen LogP) is 2.97. The minimum Gasteiger partial charge on any atom is -0.294 e. The van der Waals surface area contributed by atoms with E-state index in [-0.39, 0.29) is 0 Å². The lowest BCUT2D eigenvalue weighted by Crippen LogP contribution is -1.89. The summed E-state index contributed by atoms with van der Waals surface area (Å²) in [7, 11) is 0. The fourth-order valence-corrected chi connectivity index (χ4v) is 1.86. The van der Waals surface area contributed by atoms with Gasteiger partial charge in [-0.1, -0.05) is 13.0 Å². The van der Waals surface area contributed by atoms with Crippen LogP contribution in [0, 0.1) is 6.92 Å². The zero-order valence-corrected chi connectivity index (χ0v) is 9.30. The molecule has 0 fully saturated rings. The molecular weight excluding hydrogens is 228 g/mol.